The molecule has 2 unspecified atom stereocenters. The molecule has 0 aromatic carbocycles. The Balaban J connectivity index is 2.42. The van der Waals surface area contributed by atoms with Gasteiger partial charge in [0.15, 0.2) is 0 Å². The normalized spacial score (nSPS) is 25.8. The van der Waals surface area contributed by atoms with E-state index in [0.717, 1.165) is 19.0 Å². The van der Waals surface area contributed by atoms with E-state index < -0.39 is 0 Å². The van der Waals surface area contributed by atoms with Crippen molar-refractivity contribution in [2.24, 2.45) is 0 Å². The monoisotopic (exact) mass is 242 g/mol. The highest BCUT2D eigenvalue weighted by molar-refractivity contribution is 4.84. The van der Waals surface area contributed by atoms with Crippen molar-refractivity contribution in [1.82, 2.24) is 10.2 Å². The van der Waals surface area contributed by atoms with Crippen molar-refractivity contribution in [3.05, 3.63) is 0 Å². The average Bonchev–Trinajstić information content (AvgIpc) is 2.38. The van der Waals surface area contributed by atoms with Gasteiger partial charge in [-0.2, -0.15) is 0 Å². The van der Waals surface area contributed by atoms with Gasteiger partial charge in [-0.15, -0.1) is 0 Å². The summed E-state index contributed by atoms with van der Waals surface area (Å²) in [6.07, 6.45) is 7.74. The van der Waals surface area contributed by atoms with Crippen LogP contribution in [0.4, 0.5) is 0 Å². The molecule has 0 bridgehead atoms. The number of likely N-dealkylation sites (N-methyl/N-ethyl adjacent to an activating group) is 1. The number of aliphatic hydroxyl groups is 1. The molecule has 0 amide bonds. The highest BCUT2D eigenvalue weighted by atomic mass is 16.3. The molecule has 0 saturated carbocycles. The predicted molar refractivity (Wildman–Crippen MR) is 73.3 cm³/mol. The van der Waals surface area contributed by atoms with Crippen LogP contribution in [0.1, 0.15) is 52.4 Å². The van der Waals surface area contributed by atoms with Crippen LogP contribution in [0.2, 0.25) is 0 Å². The fourth-order valence-corrected chi connectivity index (χ4v) is 2.69. The molecule has 3 heteroatoms. The summed E-state index contributed by atoms with van der Waals surface area (Å²) in [6.45, 7) is 6.96. The fraction of sp³-hybridized carbons (Fsp3) is 1.00. The molecule has 0 radical (unpaired) electrons. The molecule has 0 aliphatic carbocycles. The molecule has 0 spiro atoms. The first kappa shape index (κ1) is 14.9. The van der Waals surface area contributed by atoms with Gasteiger partial charge in [-0.05, 0) is 46.2 Å². The van der Waals surface area contributed by atoms with Crippen LogP contribution in [0.15, 0.2) is 0 Å². The predicted octanol–water partition coefficient (Wildman–Crippen LogP) is 2.00. The van der Waals surface area contributed by atoms with Crippen LogP contribution in [0.5, 0.6) is 0 Å². The lowest BCUT2D eigenvalue weighted by atomic mass is 9.94. The Bertz CT molecular complexity index is 202. The molecule has 2 atom stereocenters. The molecule has 1 aliphatic rings. The van der Waals surface area contributed by atoms with E-state index >= 15 is 0 Å². The maximum atomic E-state index is 9.40. The summed E-state index contributed by atoms with van der Waals surface area (Å²) in [4.78, 5) is 2.64. The minimum absolute atomic E-state index is 0.117. The van der Waals surface area contributed by atoms with Crippen LogP contribution in [-0.2, 0) is 0 Å². The summed E-state index contributed by atoms with van der Waals surface area (Å²) in [5.41, 5.74) is -0.117. The van der Waals surface area contributed by atoms with Crippen molar-refractivity contribution in [3.8, 4) is 0 Å². The molecule has 1 heterocycles. The summed E-state index contributed by atoms with van der Waals surface area (Å²) in [6, 6.07) is 0.786. The average molecular weight is 242 g/mol. The molecule has 102 valence electrons. The van der Waals surface area contributed by atoms with Crippen LogP contribution in [-0.4, -0.2) is 48.3 Å². The Hall–Kier alpha value is -0.120. The molecule has 0 aromatic rings. The second-order valence-electron chi connectivity index (χ2n) is 5.69. The molecule has 0 aromatic heterocycles. The third kappa shape index (κ3) is 4.57. The number of likely N-dealkylation sites (tertiary alicyclic amines) is 1. The van der Waals surface area contributed by atoms with Crippen LogP contribution in [0.25, 0.3) is 0 Å². The molecule has 1 fully saturated rings. The van der Waals surface area contributed by atoms with Crippen molar-refractivity contribution in [2.75, 3.05) is 26.7 Å². The number of nitrogens with one attached hydrogen (secondary N) is 1. The quantitative estimate of drug-likeness (QED) is 0.717. The maximum absolute atomic E-state index is 9.40. The number of nitrogens with zero attached hydrogens (tertiary/aromatic N) is 1. The van der Waals surface area contributed by atoms with Gasteiger partial charge in [-0.25, -0.2) is 0 Å². The molecule has 2 N–H and O–H groups in total. The highest BCUT2D eigenvalue weighted by Crippen LogP contribution is 2.22. The van der Waals surface area contributed by atoms with Crippen molar-refractivity contribution in [3.63, 3.8) is 0 Å². The number of aliphatic hydroxyl groups excluding tert-OH is 1. The lowest BCUT2D eigenvalue weighted by Crippen LogP contribution is -2.48. The second kappa shape index (κ2) is 7.34. The first-order valence-corrected chi connectivity index (χ1v) is 7.19. The zero-order chi connectivity index (χ0) is 12.7. The Kier molecular flexibility index (Phi) is 6.45. The molecular weight excluding hydrogens is 212 g/mol. The smallest absolute Gasteiger partial charge is 0.0610 e. The second-order valence-corrected chi connectivity index (χ2v) is 5.69. The highest BCUT2D eigenvalue weighted by Gasteiger charge is 2.26. The van der Waals surface area contributed by atoms with Crippen LogP contribution in [0, 0.1) is 0 Å². The molecule has 1 aliphatic heterocycles. The number of rotatable bonds is 7. The van der Waals surface area contributed by atoms with E-state index in [1.807, 2.05) is 7.05 Å². The van der Waals surface area contributed by atoms with E-state index in [0.29, 0.717) is 0 Å². The molecule has 3 nitrogen and oxygen atoms in total. The van der Waals surface area contributed by atoms with Gasteiger partial charge in [0.25, 0.3) is 0 Å². The molecule has 1 rings (SSSR count). The zero-order valence-corrected chi connectivity index (χ0v) is 11.8. The van der Waals surface area contributed by atoms with Crippen molar-refractivity contribution in [1.29, 1.82) is 0 Å². The topological polar surface area (TPSA) is 35.5 Å². The summed E-state index contributed by atoms with van der Waals surface area (Å²) >= 11 is 0. The Morgan fingerprint density at radius 3 is 2.76 bits per heavy atom. The van der Waals surface area contributed by atoms with Gasteiger partial charge in [-0.1, -0.05) is 19.8 Å². The van der Waals surface area contributed by atoms with Gasteiger partial charge in [0.1, 0.15) is 0 Å². The minimum atomic E-state index is -0.117. The third-order valence-corrected chi connectivity index (χ3v) is 4.27. The summed E-state index contributed by atoms with van der Waals surface area (Å²) in [7, 11) is 1.94. The summed E-state index contributed by atoms with van der Waals surface area (Å²) in [5.74, 6) is 0. The van der Waals surface area contributed by atoms with E-state index in [-0.39, 0.29) is 12.1 Å². The minimum Gasteiger partial charge on any atom is -0.394 e. The van der Waals surface area contributed by atoms with Gasteiger partial charge < -0.3 is 15.3 Å². The van der Waals surface area contributed by atoms with E-state index in [1.165, 1.54) is 38.6 Å². The van der Waals surface area contributed by atoms with Gasteiger partial charge >= 0.3 is 0 Å². The Morgan fingerprint density at radius 2 is 2.18 bits per heavy atom. The van der Waals surface area contributed by atoms with Crippen molar-refractivity contribution < 1.29 is 5.11 Å². The van der Waals surface area contributed by atoms with E-state index in [1.54, 1.807) is 0 Å². The SMILES string of the molecule is CCCC1CCCCN1CCC(C)(CO)NC. The molecular formula is C14H30N2O. The Labute approximate surface area is 107 Å². The molecule has 1 saturated heterocycles. The maximum Gasteiger partial charge on any atom is 0.0610 e. The van der Waals surface area contributed by atoms with Crippen molar-refractivity contribution >= 4 is 0 Å². The van der Waals surface area contributed by atoms with Gasteiger partial charge in [0.05, 0.1) is 6.61 Å². The van der Waals surface area contributed by atoms with Crippen molar-refractivity contribution in [2.45, 2.75) is 64.0 Å². The number of hydrogen-bond donors (Lipinski definition) is 2. The van der Waals surface area contributed by atoms with Gasteiger partial charge in [0.2, 0.25) is 0 Å². The zero-order valence-electron chi connectivity index (χ0n) is 11.8. The fourth-order valence-electron chi connectivity index (χ4n) is 2.69. The van der Waals surface area contributed by atoms with Gasteiger partial charge in [-0.3, -0.25) is 0 Å². The standard InChI is InChI=1S/C14H30N2O/c1-4-7-13-8-5-6-10-16(13)11-9-14(2,12-17)15-3/h13,15,17H,4-12H2,1-3H3. The Morgan fingerprint density at radius 1 is 1.41 bits per heavy atom. The van der Waals surface area contributed by atoms with E-state index in [2.05, 4.69) is 24.1 Å². The van der Waals surface area contributed by atoms with Gasteiger partial charge in [0, 0.05) is 18.1 Å². The number of hydrogen-bond acceptors (Lipinski definition) is 3. The lowest BCUT2D eigenvalue weighted by Gasteiger charge is -2.38. The summed E-state index contributed by atoms with van der Waals surface area (Å²) < 4.78 is 0. The lowest BCUT2D eigenvalue weighted by molar-refractivity contribution is 0.106. The van der Waals surface area contributed by atoms with E-state index in [4.69, 9.17) is 0 Å². The largest absolute Gasteiger partial charge is 0.394 e. The first-order valence-electron chi connectivity index (χ1n) is 7.19. The molecule has 17 heavy (non-hydrogen) atoms. The van der Waals surface area contributed by atoms with Crippen LogP contribution < -0.4 is 5.32 Å². The van der Waals surface area contributed by atoms with Crippen LogP contribution >= 0.6 is 0 Å². The van der Waals surface area contributed by atoms with Crippen LogP contribution in [0.3, 0.4) is 0 Å². The number of piperidine rings is 1. The first-order chi connectivity index (χ1) is 8.15. The summed E-state index contributed by atoms with van der Waals surface area (Å²) in [5, 5.41) is 12.6. The van der Waals surface area contributed by atoms with E-state index in [9.17, 15) is 5.11 Å². The third-order valence-electron chi connectivity index (χ3n) is 4.27.